The van der Waals surface area contributed by atoms with Gasteiger partial charge in [0, 0.05) is 16.1 Å². The summed E-state index contributed by atoms with van der Waals surface area (Å²) in [5.74, 6) is -0.288. The lowest BCUT2D eigenvalue weighted by Gasteiger charge is -2.12. The lowest BCUT2D eigenvalue weighted by atomic mass is 10.1. The fraction of sp³-hybridized carbons (Fsp3) is 0.0357. The Morgan fingerprint density at radius 3 is 2.26 bits per heavy atom. The number of carbonyl (C=O) groups is 2. The van der Waals surface area contributed by atoms with Gasteiger partial charge in [-0.15, -0.1) is 10.2 Å². The molecule has 0 saturated heterocycles. The number of benzene rings is 3. The molecule has 0 aliphatic carbocycles. The Balaban J connectivity index is 1.33. The quantitative estimate of drug-likeness (QED) is 0.183. The van der Waals surface area contributed by atoms with Gasteiger partial charge < -0.3 is 15.4 Å². The van der Waals surface area contributed by atoms with Crippen LogP contribution in [0.5, 0.6) is 0 Å². The van der Waals surface area contributed by atoms with Crippen LogP contribution >= 0.6 is 22.9 Å². The van der Waals surface area contributed by atoms with E-state index in [-0.39, 0.29) is 5.69 Å². The van der Waals surface area contributed by atoms with E-state index in [1.165, 1.54) is 18.4 Å². The van der Waals surface area contributed by atoms with Gasteiger partial charge in [0.1, 0.15) is 0 Å². The van der Waals surface area contributed by atoms with Crippen molar-refractivity contribution in [1.82, 2.24) is 15.2 Å². The first kappa shape index (κ1) is 25.8. The molecule has 0 spiro atoms. The predicted octanol–water partition coefficient (Wildman–Crippen LogP) is 7.09. The molecule has 0 fully saturated rings. The van der Waals surface area contributed by atoms with E-state index in [0.717, 1.165) is 5.56 Å². The molecule has 0 aliphatic rings. The molecule has 9 nitrogen and oxygen atoms in total. The van der Waals surface area contributed by atoms with E-state index in [4.69, 9.17) is 16.3 Å². The van der Waals surface area contributed by atoms with Gasteiger partial charge in [-0.2, -0.15) is 0 Å². The first-order valence-electron chi connectivity index (χ1n) is 11.7. The van der Waals surface area contributed by atoms with Crippen molar-refractivity contribution in [3.63, 3.8) is 0 Å². The number of carbonyl (C=O) groups excluding carboxylic acids is 2. The molecule has 0 unspecified atom stereocenters. The number of ether oxygens (including phenoxy) is 1. The zero-order valence-corrected chi connectivity index (χ0v) is 22.1. The monoisotopic (exact) mass is 556 g/mol. The summed E-state index contributed by atoms with van der Waals surface area (Å²) >= 11 is 7.62. The Morgan fingerprint density at radius 1 is 0.821 bits per heavy atom. The van der Waals surface area contributed by atoms with E-state index >= 15 is 0 Å². The summed E-state index contributed by atoms with van der Waals surface area (Å²) in [7, 11) is 1.29. The molecule has 2 amide bonds. The van der Waals surface area contributed by atoms with E-state index in [0.29, 0.717) is 43.5 Å². The van der Waals surface area contributed by atoms with Crippen LogP contribution in [0.15, 0.2) is 91.0 Å². The van der Waals surface area contributed by atoms with E-state index in [9.17, 15) is 9.59 Å². The highest BCUT2D eigenvalue weighted by molar-refractivity contribution is 7.19. The molecule has 39 heavy (non-hydrogen) atoms. The Bertz CT molecular complexity index is 1630. The number of amides is 2. The van der Waals surface area contributed by atoms with Crippen LogP contribution < -0.4 is 16.0 Å². The van der Waals surface area contributed by atoms with Crippen molar-refractivity contribution in [2.45, 2.75) is 0 Å². The average molecular weight is 557 g/mol. The third kappa shape index (κ3) is 6.03. The van der Waals surface area contributed by atoms with Gasteiger partial charge in [-0.05, 0) is 30.3 Å². The Hall–Kier alpha value is -4.80. The van der Waals surface area contributed by atoms with Gasteiger partial charge in [0.25, 0.3) is 0 Å². The molecule has 0 atom stereocenters. The second kappa shape index (κ2) is 11.7. The third-order valence-corrected chi connectivity index (χ3v) is 6.85. The predicted molar refractivity (Wildman–Crippen MR) is 154 cm³/mol. The van der Waals surface area contributed by atoms with Gasteiger partial charge in [-0.3, -0.25) is 5.32 Å². The van der Waals surface area contributed by atoms with E-state index in [1.54, 1.807) is 48.5 Å². The van der Waals surface area contributed by atoms with Gasteiger partial charge in [-0.25, -0.2) is 14.6 Å². The number of hydrogen-bond donors (Lipinski definition) is 3. The third-order valence-electron chi connectivity index (χ3n) is 5.52. The number of hydrogen-bond acceptors (Lipinski definition) is 8. The Kier molecular flexibility index (Phi) is 7.76. The molecule has 3 aromatic carbocycles. The largest absolute Gasteiger partial charge is 0.464 e. The van der Waals surface area contributed by atoms with E-state index < -0.39 is 12.0 Å². The number of methoxy groups -OCH3 is 1. The molecule has 2 aromatic heterocycles. The van der Waals surface area contributed by atoms with Crippen molar-refractivity contribution < 1.29 is 14.3 Å². The maximum Gasteiger partial charge on any atom is 0.358 e. The number of rotatable bonds is 7. The number of aromatic nitrogens is 3. The first-order chi connectivity index (χ1) is 19.0. The number of halogens is 1. The van der Waals surface area contributed by atoms with E-state index in [1.807, 2.05) is 42.5 Å². The van der Waals surface area contributed by atoms with Crippen molar-refractivity contribution in [3.05, 3.63) is 102 Å². The molecule has 194 valence electrons. The number of esters is 1. The van der Waals surface area contributed by atoms with Crippen LogP contribution in [0.3, 0.4) is 0 Å². The van der Waals surface area contributed by atoms with Crippen molar-refractivity contribution in [3.8, 4) is 21.7 Å². The highest BCUT2D eigenvalue weighted by atomic mass is 35.5. The van der Waals surface area contributed by atoms with Gasteiger partial charge in [0.05, 0.1) is 29.1 Å². The normalized spacial score (nSPS) is 10.5. The minimum atomic E-state index is -0.584. The molecule has 0 bridgehead atoms. The SMILES string of the molecule is COC(=O)c1nc(Nc2ccccc2NC(=O)Nc2ccc(-c3ccccc3)nn2)sc1-c1ccccc1Cl. The number of urea groups is 1. The zero-order valence-electron chi connectivity index (χ0n) is 20.5. The molecular formula is C28H21ClN6O3S. The van der Waals surface area contributed by atoms with Crippen LogP contribution in [0.1, 0.15) is 10.5 Å². The van der Waals surface area contributed by atoms with Crippen LogP contribution in [-0.4, -0.2) is 34.3 Å². The number of nitrogens with zero attached hydrogens (tertiary/aromatic N) is 3. The fourth-order valence-corrected chi connectivity index (χ4v) is 4.98. The molecule has 2 heterocycles. The molecule has 0 aliphatic heterocycles. The molecule has 11 heteroatoms. The minimum absolute atomic E-state index is 0.138. The highest BCUT2D eigenvalue weighted by Crippen LogP contribution is 2.39. The topological polar surface area (TPSA) is 118 Å². The molecule has 5 aromatic rings. The van der Waals surface area contributed by atoms with Crippen LogP contribution in [0.2, 0.25) is 5.02 Å². The van der Waals surface area contributed by atoms with Gasteiger partial charge >= 0.3 is 12.0 Å². The highest BCUT2D eigenvalue weighted by Gasteiger charge is 2.22. The maximum absolute atomic E-state index is 12.7. The van der Waals surface area contributed by atoms with Crippen LogP contribution in [0.25, 0.3) is 21.7 Å². The molecule has 0 saturated carbocycles. The summed E-state index contributed by atoms with van der Waals surface area (Å²) in [5.41, 5.74) is 3.47. The van der Waals surface area contributed by atoms with Crippen LogP contribution in [-0.2, 0) is 4.74 Å². The summed E-state index contributed by atoms with van der Waals surface area (Å²) in [6, 6.07) is 26.9. The average Bonchev–Trinajstić information content (AvgIpc) is 3.38. The fourth-order valence-electron chi connectivity index (χ4n) is 3.68. The van der Waals surface area contributed by atoms with E-state index in [2.05, 4.69) is 31.1 Å². The van der Waals surface area contributed by atoms with Crippen LogP contribution in [0.4, 0.5) is 27.1 Å². The molecular weight excluding hydrogens is 536 g/mol. The lowest BCUT2D eigenvalue weighted by molar-refractivity contribution is 0.0596. The summed E-state index contributed by atoms with van der Waals surface area (Å²) in [6.07, 6.45) is 0. The smallest absolute Gasteiger partial charge is 0.358 e. The van der Waals surface area contributed by atoms with Crippen molar-refractivity contribution in [1.29, 1.82) is 0 Å². The zero-order chi connectivity index (χ0) is 27.2. The summed E-state index contributed by atoms with van der Waals surface area (Å²) in [6.45, 7) is 0. The molecule has 3 N–H and O–H groups in total. The second-order valence-electron chi connectivity index (χ2n) is 8.09. The number of nitrogens with one attached hydrogen (secondary N) is 3. The first-order valence-corrected chi connectivity index (χ1v) is 12.9. The number of para-hydroxylation sites is 2. The Morgan fingerprint density at radius 2 is 1.54 bits per heavy atom. The Labute approximate surface area is 232 Å². The van der Waals surface area contributed by atoms with Crippen LogP contribution in [0, 0.1) is 0 Å². The van der Waals surface area contributed by atoms with Gasteiger partial charge in [-0.1, -0.05) is 83.6 Å². The summed E-state index contributed by atoms with van der Waals surface area (Å²) < 4.78 is 4.93. The standard InChI is InChI=1S/C28H21ClN6O3S/c1-38-26(36)24-25(18-11-5-6-12-19(18)29)39-28(33-24)31-22-14-8-7-13-21(22)30-27(37)32-23-16-15-20(34-35-23)17-9-3-2-4-10-17/h2-16H,1H3,(H,31,33)(H2,30,32,35,37). The summed E-state index contributed by atoms with van der Waals surface area (Å²) in [5, 5.41) is 17.9. The summed E-state index contributed by atoms with van der Waals surface area (Å²) in [4.78, 5) is 30.2. The second-order valence-corrected chi connectivity index (χ2v) is 9.49. The molecule has 0 radical (unpaired) electrons. The molecule has 5 rings (SSSR count). The minimum Gasteiger partial charge on any atom is -0.464 e. The number of anilines is 4. The van der Waals surface area contributed by atoms with Gasteiger partial charge in [0.15, 0.2) is 16.6 Å². The van der Waals surface area contributed by atoms with Crippen molar-refractivity contribution in [2.75, 3.05) is 23.1 Å². The lowest BCUT2D eigenvalue weighted by Crippen LogP contribution is -2.21. The van der Waals surface area contributed by atoms with Crippen molar-refractivity contribution in [2.24, 2.45) is 0 Å². The van der Waals surface area contributed by atoms with Crippen molar-refractivity contribution >= 4 is 57.3 Å². The maximum atomic E-state index is 12.7. The van der Waals surface area contributed by atoms with Gasteiger partial charge in [0.2, 0.25) is 0 Å². The number of thiazole rings is 1.